The summed E-state index contributed by atoms with van der Waals surface area (Å²) in [4.78, 5) is 22.2. The number of nitrogens with zero attached hydrogens (tertiary/aromatic N) is 4. The lowest BCUT2D eigenvalue weighted by atomic mass is 10.2. The Morgan fingerprint density at radius 3 is 2.36 bits per heavy atom. The molecule has 0 spiro atoms. The van der Waals surface area contributed by atoms with Crippen LogP contribution in [0.3, 0.4) is 0 Å². The minimum Gasteiger partial charge on any atom is -0.339 e. The molecule has 0 bridgehead atoms. The Bertz CT molecular complexity index is 940. The molecule has 1 aromatic heterocycles. The van der Waals surface area contributed by atoms with Gasteiger partial charge in [-0.2, -0.15) is 0 Å². The molecule has 5 nitrogen and oxygen atoms in total. The normalized spacial score (nSPS) is 15.5. The number of fused-ring (bicyclic) bond motifs is 1. The molecule has 0 radical (unpaired) electrons. The van der Waals surface area contributed by atoms with Crippen molar-refractivity contribution in [1.82, 2.24) is 19.4 Å². The van der Waals surface area contributed by atoms with Crippen LogP contribution in [0.5, 0.6) is 0 Å². The first-order valence-corrected chi connectivity index (χ1v) is 10.1. The zero-order valence-electron chi connectivity index (χ0n) is 16.7. The molecule has 4 rings (SSSR count). The zero-order chi connectivity index (χ0) is 19.5. The van der Waals surface area contributed by atoms with E-state index < -0.39 is 0 Å². The largest absolute Gasteiger partial charge is 0.339 e. The summed E-state index contributed by atoms with van der Waals surface area (Å²) in [5, 5.41) is 0. The maximum absolute atomic E-state index is 13.0. The summed E-state index contributed by atoms with van der Waals surface area (Å²) in [6, 6.07) is 18.6. The van der Waals surface area contributed by atoms with Gasteiger partial charge in [-0.05, 0) is 17.7 Å². The van der Waals surface area contributed by atoms with Gasteiger partial charge in [-0.25, -0.2) is 4.98 Å². The first-order valence-electron chi connectivity index (χ1n) is 10.1. The highest BCUT2D eigenvalue weighted by Crippen LogP contribution is 2.22. The van der Waals surface area contributed by atoms with Crippen molar-refractivity contribution in [2.24, 2.45) is 0 Å². The summed E-state index contributed by atoms with van der Waals surface area (Å²) in [7, 11) is 0. The lowest BCUT2D eigenvalue weighted by Crippen LogP contribution is -2.49. The molecule has 146 valence electrons. The third-order valence-electron chi connectivity index (χ3n) is 5.47. The Kier molecular flexibility index (Phi) is 5.44. The minimum atomic E-state index is 0.185. The monoisotopic (exact) mass is 376 g/mol. The Labute approximate surface area is 166 Å². The van der Waals surface area contributed by atoms with E-state index in [1.807, 2.05) is 29.2 Å². The molecule has 28 heavy (non-hydrogen) atoms. The number of amides is 1. The van der Waals surface area contributed by atoms with E-state index in [0.29, 0.717) is 6.54 Å². The van der Waals surface area contributed by atoms with Crippen LogP contribution in [0.25, 0.3) is 11.0 Å². The third kappa shape index (κ3) is 3.94. The minimum absolute atomic E-state index is 0.185. The Balaban J connectivity index is 1.41. The molecule has 0 aliphatic carbocycles. The second-order valence-corrected chi connectivity index (χ2v) is 7.84. The number of para-hydroxylation sites is 2. The second-order valence-electron chi connectivity index (χ2n) is 7.84. The fourth-order valence-electron chi connectivity index (χ4n) is 3.93. The molecule has 5 heteroatoms. The van der Waals surface area contributed by atoms with Crippen molar-refractivity contribution >= 4 is 16.9 Å². The lowest BCUT2D eigenvalue weighted by molar-refractivity contribution is -0.133. The van der Waals surface area contributed by atoms with E-state index in [9.17, 15) is 4.79 Å². The highest BCUT2D eigenvalue weighted by molar-refractivity contribution is 5.81. The van der Waals surface area contributed by atoms with Gasteiger partial charge >= 0.3 is 0 Å². The number of carbonyl (C=O) groups excluding carboxylic acids is 1. The number of piperazine rings is 1. The summed E-state index contributed by atoms with van der Waals surface area (Å²) >= 11 is 0. The van der Waals surface area contributed by atoms with Gasteiger partial charge in [-0.15, -0.1) is 0 Å². The van der Waals surface area contributed by atoms with Crippen molar-refractivity contribution in [1.29, 1.82) is 0 Å². The van der Waals surface area contributed by atoms with Gasteiger partial charge in [0.1, 0.15) is 12.4 Å². The molecular formula is C23H28N4O. The van der Waals surface area contributed by atoms with Crippen LogP contribution >= 0.6 is 0 Å². The number of hydrogen-bond acceptors (Lipinski definition) is 3. The number of aromatic nitrogens is 2. The Morgan fingerprint density at radius 1 is 0.964 bits per heavy atom. The summed E-state index contributed by atoms with van der Waals surface area (Å²) in [6.07, 6.45) is 0. The summed E-state index contributed by atoms with van der Waals surface area (Å²) in [5.41, 5.74) is 3.34. The maximum atomic E-state index is 13.0. The molecule has 2 aromatic carbocycles. The van der Waals surface area contributed by atoms with Crippen LogP contribution in [0, 0.1) is 0 Å². The highest BCUT2D eigenvalue weighted by atomic mass is 16.2. The predicted molar refractivity (Wildman–Crippen MR) is 112 cm³/mol. The van der Waals surface area contributed by atoms with Gasteiger partial charge in [0.15, 0.2) is 0 Å². The van der Waals surface area contributed by atoms with Crippen LogP contribution in [0.2, 0.25) is 0 Å². The zero-order valence-corrected chi connectivity index (χ0v) is 16.7. The van der Waals surface area contributed by atoms with Crippen LogP contribution in [0.15, 0.2) is 54.6 Å². The van der Waals surface area contributed by atoms with Gasteiger partial charge in [0.05, 0.1) is 11.0 Å². The average molecular weight is 377 g/mol. The van der Waals surface area contributed by atoms with E-state index >= 15 is 0 Å². The van der Waals surface area contributed by atoms with Crippen LogP contribution in [-0.2, 0) is 17.9 Å². The predicted octanol–water partition coefficient (Wildman–Crippen LogP) is 3.50. The van der Waals surface area contributed by atoms with Crippen molar-refractivity contribution in [3.63, 3.8) is 0 Å². The molecule has 1 aliphatic rings. The first kappa shape index (κ1) is 18.7. The van der Waals surface area contributed by atoms with Crippen LogP contribution in [0.4, 0.5) is 0 Å². The average Bonchev–Trinajstić information content (AvgIpc) is 3.08. The van der Waals surface area contributed by atoms with Gasteiger partial charge in [-0.1, -0.05) is 56.3 Å². The van der Waals surface area contributed by atoms with E-state index in [1.165, 1.54) is 5.56 Å². The molecule has 0 unspecified atom stereocenters. The molecule has 1 saturated heterocycles. The summed E-state index contributed by atoms with van der Waals surface area (Å²) < 4.78 is 2.10. The smallest absolute Gasteiger partial charge is 0.242 e. The maximum Gasteiger partial charge on any atom is 0.242 e. The number of hydrogen-bond donors (Lipinski definition) is 0. The molecule has 0 N–H and O–H groups in total. The van der Waals surface area contributed by atoms with Gasteiger partial charge < -0.3 is 9.47 Å². The van der Waals surface area contributed by atoms with Gasteiger partial charge in [0.25, 0.3) is 0 Å². The molecule has 0 atom stereocenters. The number of rotatable bonds is 5. The van der Waals surface area contributed by atoms with Crippen LogP contribution in [0.1, 0.15) is 31.2 Å². The van der Waals surface area contributed by atoms with E-state index in [0.717, 1.165) is 49.6 Å². The van der Waals surface area contributed by atoms with Crippen molar-refractivity contribution in [3.8, 4) is 0 Å². The van der Waals surface area contributed by atoms with Gasteiger partial charge in [0.2, 0.25) is 5.91 Å². The van der Waals surface area contributed by atoms with Crippen molar-refractivity contribution in [3.05, 3.63) is 66.0 Å². The van der Waals surface area contributed by atoms with Gasteiger partial charge in [-0.3, -0.25) is 9.69 Å². The molecule has 1 fully saturated rings. The standard InChI is InChI=1S/C23H28N4O/c1-18(2)23-24-20-10-6-7-11-21(20)27(23)17-22(28)26-14-12-25(13-15-26)16-19-8-4-3-5-9-19/h3-11,18H,12-17H2,1-2H3. The first-order chi connectivity index (χ1) is 13.6. The summed E-state index contributed by atoms with van der Waals surface area (Å²) in [6.45, 7) is 8.99. The second kappa shape index (κ2) is 8.15. The van der Waals surface area contributed by atoms with Crippen LogP contribution in [-0.4, -0.2) is 51.4 Å². The molecule has 1 amide bonds. The fourth-order valence-corrected chi connectivity index (χ4v) is 3.93. The lowest BCUT2D eigenvalue weighted by Gasteiger charge is -2.35. The topological polar surface area (TPSA) is 41.4 Å². The number of benzene rings is 2. The van der Waals surface area contributed by atoms with E-state index in [1.54, 1.807) is 0 Å². The molecule has 1 aliphatic heterocycles. The Hall–Kier alpha value is -2.66. The van der Waals surface area contributed by atoms with Crippen molar-refractivity contribution in [2.45, 2.75) is 32.9 Å². The summed E-state index contributed by atoms with van der Waals surface area (Å²) in [5.74, 6) is 1.45. The quantitative estimate of drug-likeness (QED) is 0.684. The number of carbonyl (C=O) groups is 1. The van der Waals surface area contributed by atoms with E-state index in [2.05, 4.69) is 53.6 Å². The SMILES string of the molecule is CC(C)c1nc2ccccc2n1CC(=O)N1CCN(Cc2ccccc2)CC1. The highest BCUT2D eigenvalue weighted by Gasteiger charge is 2.23. The fraction of sp³-hybridized carbons (Fsp3) is 0.391. The van der Waals surface area contributed by atoms with Gasteiger partial charge in [0, 0.05) is 38.6 Å². The van der Waals surface area contributed by atoms with Crippen molar-refractivity contribution < 1.29 is 4.79 Å². The van der Waals surface area contributed by atoms with E-state index in [4.69, 9.17) is 4.98 Å². The molecular weight excluding hydrogens is 348 g/mol. The number of imidazole rings is 1. The molecule has 2 heterocycles. The van der Waals surface area contributed by atoms with Crippen molar-refractivity contribution in [2.75, 3.05) is 26.2 Å². The van der Waals surface area contributed by atoms with E-state index in [-0.39, 0.29) is 11.8 Å². The van der Waals surface area contributed by atoms with Crippen LogP contribution < -0.4 is 0 Å². The third-order valence-corrected chi connectivity index (χ3v) is 5.47. The Morgan fingerprint density at radius 2 is 1.64 bits per heavy atom. The molecule has 0 saturated carbocycles. The molecule has 3 aromatic rings.